The van der Waals surface area contributed by atoms with Crippen LogP contribution in [0.5, 0.6) is 0 Å². The van der Waals surface area contributed by atoms with Gasteiger partial charge in [0.25, 0.3) is 5.91 Å². The Hall–Kier alpha value is -2.66. The van der Waals surface area contributed by atoms with Crippen molar-refractivity contribution < 1.29 is 4.79 Å². The van der Waals surface area contributed by atoms with Crippen LogP contribution in [-0.2, 0) is 0 Å². The number of carbonyl (C=O) groups is 1. The summed E-state index contributed by atoms with van der Waals surface area (Å²) in [7, 11) is 0. The molecule has 104 valence electrons. The molecular formula is C15H11ClN4O. The number of halogens is 1. The molecule has 0 amide bonds. The number of carbonyl (C=O) groups excluding carboxylic acids is 1. The molecule has 21 heavy (non-hydrogen) atoms. The van der Waals surface area contributed by atoms with Crippen LogP contribution in [0.15, 0.2) is 54.6 Å². The van der Waals surface area contributed by atoms with Crippen LogP contribution in [0, 0.1) is 0 Å². The Labute approximate surface area is 126 Å². The summed E-state index contributed by atoms with van der Waals surface area (Å²) in [6.07, 6.45) is 0. The molecule has 2 aromatic carbocycles. The van der Waals surface area contributed by atoms with E-state index in [9.17, 15) is 4.79 Å². The summed E-state index contributed by atoms with van der Waals surface area (Å²) >= 11 is 5.84. The lowest BCUT2D eigenvalue weighted by molar-refractivity contribution is 0.0948. The standard InChI is InChI=1S/C15H11ClN4O/c16-12-8-6-10(7-9-12)13-18-15(17)20(19-13)14(21)11-4-2-1-3-5-11/h1-9H,(H2,17,18,19). The van der Waals surface area contributed by atoms with E-state index >= 15 is 0 Å². The van der Waals surface area contributed by atoms with Gasteiger partial charge in [-0.25, -0.2) is 0 Å². The summed E-state index contributed by atoms with van der Waals surface area (Å²) < 4.78 is 1.10. The van der Waals surface area contributed by atoms with Crippen LogP contribution in [0.3, 0.4) is 0 Å². The van der Waals surface area contributed by atoms with Crippen molar-refractivity contribution in [1.29, 1.82) is 0 Å². The normalized spacial score (nSPS) is 10.5. The molecule has 0 aliphatic rings. The van der Waals surface area contributed by atoms with E-state index in [-0.39, 0.29) is 11.9 Å². The lowest BCUT2D eigenvalue weighted by Gasteiger charge is -2.00. The molecule has 1 heterocycles. The molecule has 0 fully saturated rings. The lowest BCUT2D eigenvalue weighted by Crippen LogP contribution is -2.16. The SMILES string of the molecule is Nc1nc(-c2ccc(Cl)cc2)nn1C(=O)c1ccccc1. The number of aromatic nitrogens is 3. The monoisotopic (exact) mass is 298 g/mol. The van der Waals surface area contributed by atoms with Crippen LogP contribution in [0.25, 0.3) is 11.4 Å². The topological polar surface area (TPSA) is 73.8 Å². The van der Waals surface area contributed by atoms with Gasteiger partial charge in [0.2, 0.25) is 5.95 Å². The van der Waals surface area contributed by atoms with E-state index < -0.39 is 0 Å². The maximum Gasteiger partial charge on any atom is 0.281 e. The number of hydrogen-bond donors (Lipinski definition) is 1. The van der Waals surface area contributed by atoms with Gasteiger partial charge in [0.1, 0.15) is 0 Å². The van der Waals surface area contributed by atoms with Crippen molar-refractivity contribution in [3.05, 3.63) is 65.2 Å². The molecule has 3 aromatic rings. The number of hydrogen-bond acceptors (Lipinski definition) is 4. The molecular weight excluding hydrogens is 288 g/mol. The van der Waals surface area contributed by atoms with Crippen molar-refractivity contribution in [2.75, 3.05) is 5.73 Å². The summed E-state index contributed by atoms with van der Waals surface area (Å²) in [6.45, 7) is 0. The van der Waals surface area contributed by atoms with Gasteiger partial charge in [-0.05, 0) is 36.4 Å². The molecule has 0 saturated heterocycles. The minimum Gasteiger partial charge on any atom is -0.368 e. The second kappa shape index (κ2) is 5.38. The molecule has 0 bridgehead atoms. The first kappa shape index (κ1) is 13.3. The Kier molecular flexibility index (Phi) is 3.41. The quantitative estimate of drug-likeness (QED) is 0.789. The van der Waals surface area contributed by atoms with Gasteiger partial charge in [-0.15, -0.1) is 5.10 Å². The third kappa shape index (κ3) is 2.64. The van der Waals surface area contributed by atoms with E-state index in [4.69, 9.17) is 17.3 Å². The average molecular weight is 299 g/mol. The second-order valence-corrected chi connectivity index (χ2v) is 4.82. The minimum atomic E-state index is -0.319. The Morgan fingerprint density at radius 2 is 1.71 bits per heavy atom. The molecule has 0 aliphatic carbocycles. The number of nitrogen functional groups attached to an aromatic ring is 1. The lowest BCUT2D eigenvalue weighted by atomic mass is 10.2. The zero-order valence-electron chi connectivity index (χ0n) is 10.9. The minimum absolute atomic E-state index is 0.0498. The first-order valence-electron chi connectivity index (χ1n) is 6.23. The molecule has 0 saturated carbocycles. The molecule has 5 nitrogen and oxygen atoms in total. The number of benzene rings is 2. The molecule has 0 radical (unpaired) electrons. The van der Waals surface area contributed by atoms with E-state index in [1.54, 1.807) is 48.5 Å². The average Bonchev–Trinajstić information content (AvgIpc) is 2.90. The predicted molar refractivity (Wildman–Crippen MR) is 81.1 cm³/mol. The van der Waals surface area contributed by atoms with Crippen molar-refractivity contribution in [2.45, 2.75) is 0 Å². The van der Waals surface area contributed by atoms with Gasteiger partial charge in [0, 0.05) is 16.1 Å². The van der Waals surface area contributed by atoms with Gasteiger partial charge in [-0.3, -0.25) is 4.79 Å². The molecule has 3 rings (SSSR count). The molecule has 0 aliphatic heterocycles. The van der Waals surface area contributed by atoms with Crippen molar-refractivity contribution in [3.8, 4) is 11.4 Å². The molecule has 0 unspecified atom stereocenters. The van der Waals surface area contributed by atoms with Gasteiger partial charge in [0.05, 0.1) is 0 Å². The highest BCUT2D eigenvalue weighted by Crippen LogP contribution is 2.19. The van der Waals surface area contributed by atoms with E-state index in [0.717, 1.165) is 10.2 Å². The summed E-state index contributed by atoms with van der Waals surface area (Å²) in [5.74, 6) is 0.114. The summed E-state index contributed by atoms with van der Waals surface area (Å²) in [5, 5.41) is 4.79. The number of rotatable bonds is 2. The summed E-state index contributed by atoms with van der Waals surface area (Å²) in [5.41, 5.74) is 7.03. The maximum absolute atomic E-state index is 12.3. The molecule has 6 heteroatoms. The maximum atomic E-state index is 12.3. The van der Waals surface area contributed by atoms with Crippen LogP contribution in [0.1, 0.15) is 10.4 Å². The van der Waals surface area contributed by atoms with Gasteiger partial charge in [-0.2, -0.15) is 9.67 Å². The summed E-state index contributed by atoms with van der Waals surface area (Å²) in [4.78, 5) is 16.4. The Bertz CT molecular complexity index is 781. The van der Waals surface area contributed by atoms with Crippen LogP contribution >= 0.6 is 11.6 Å². The van der Waals surface area contributed by atoms with Crippen molar-refractivity contribution in [3.63, 3.8) is 0 Å². The van der Waals surface area contributed by atoms with Crippen LogP contribution in [0.4, 0.5) is 5.95 Å². The third-order valence-corrected chi connectivity index (χ3v) is 3.20. The fourth-order valence-electron chi connectivity index (χ4n) is 1.90. The number of nitrogens with zero attached hydrogens (tertiary/aromatic N) is 3. The van der Waals surface area contributed by atoms with Crippen molar-refractivity contribution >= 4 is 23.5 Å². The Morgan fingerprint density at radius 3 is 2.38 bits per heavy atom. The van der Waals surface area contributed by atoms with Crippen LogP contribution in [0.2, 0.25) is 5.02 Å². The van der Waals surface area contributed by atoms with Crippen LogP contribution < -0.4 is 5.73 Å². The third-order valence-electron chi connectivity index (χ3n) is 2.95. The van der Waals surface area contributed by atoms with E-state index in [2.05, 4.69) is 10.1 Å². The van der Waals surface area contributed by atoms with Gasteiger partial charge in [0.15, 0.2) is 5.82 Å². The zero-order valence-corrected chi connectivity index (χ0v) is 11.7. The second-order valence-electron chi connectivity index (χ2n) is 4.38. The molecule has 2 N–H and O–H groups in total. The number of nitrogens with two attached hydrogens (primary N) is 1. The van der Waals surface area contributed by atoms with Crippen molar-refractivity contribution in [2.24, 2.45) is 0 Å². The Balaban J connectivity index is 1.98. The largest absolute Gasteiger partial charge is 0.368 e. The first-order chi connectivity index (χ1) is 10.1. The first-order valence-corrected chi connectivity index (χ1v) is 6.61. The van der Waals surface area contributed by atoms with Crippen LogP contribution in [-0.4, -0.2) is 20.7 Å². The molecule has 0 atom stereocenters. The fourth-order valence-corrected chi connectivity index (χ4v) is 2.02. The highest BCUT2D eigenvalue weighted by molar-refractivity contribution is 6.30. The molecule has 1 aromatic heterocycles. The van der Waals surface area contributed by atoms with Gasteiger partial charge < -0.3 is 5.73 Å². The number of anilines is 1. The fraction of sp³-hybridized carbons (Fsp3) is 0. The van der Waals surface area contributed by atoms with E-state index in [1.165, 1.54) is 0 Å². The van der Waals surface area contributed by atoms with Crippen molar-refractivity contribution in [1.82, 2.24) is 14.8 Å². The van der Waals surface area contributed by atoms with E-state index in [0.29, 0.717) is 16.4 Å². The highest BCUT2D eigenvalue weighted by Gasteiger charge is 2.16. The van der Waals surface area contributed by atoms with Gasteiger partial charge in [-0.1, -0.05) is 29.8 Å². The summed E-state index contributed by atoms with van der Waals surface area (Å²) in [6, 6.07) is 15.8. The smallest absolute Gasteiger partial charge is 0.281 e. The Morgan fingerprint density at radius 1 is 1.05 bits per heavy atom. The van der Waals surface area contributed by atoms with E-state index in [1.807, 2.05) is 6.07 Å². The zero-order chi connectivity index (χ0) is 14.8. The molecule has 0 spiro atoms. The van der Waals surface area contributed by atoms with Gasteiger partial charge >= 0.3 is 0 Å². The highest BCUT2D eigenvalue weighted by atomic mass is 35.5. The predicted octanol–water partition coefficient (Wildman–Crippen LogP) is 2.87.